The summed E-state index contributed by atoms with van der Waals surface area (Å²) in [5, 5.41) is 0.198. The van der Waals surface area contributed by atoms with Gasteiger partial charge in [-0.15, -0.1) is 0 Å². The highest BCUT2D eigenvalue weighted by molar-refractivity contribution is 7.92. The van der Waals surface area contributed by atoms with Crippen LogP contribution >= 0.6 is 11.6 Å². The molecular formula is C16H17ClN2O3S. The highest BCUT2D eigenvalue weighted by atomic mass is 35.5. The number of para-hydroxylation sites is 2. The third-order valence-electron chi connectivity index (χ3n) is 3.63. The quantitative estimate of drug-likeness (QED) is 0.919. The Labute approximate surface area is 140 Å². The van der Waals surface area contributed by atoms with Gasteiger partial charge in [-0.25, -0.2) is 8.42 Å². The summed E-state index contributed by atoms with van der Waals surface area (Å²) in [5.74, 6) is 0. The number of benzene rings is 2. The molecule has 23 heavy (non-hydrogen) atoms. The SMILES string of the molecule is O=S(=O)(Nc1ccccc1N1CCOCC1)c1ccccc1Cl. The molecule has 0 bridgehead atoms. The number of ether oxygens (including phenoxy) is 1. The maximum Gasteiger partial charge on any atom is 0.263 e. The van der Waals surface area contributed by atoms with Crippen molar-refractivity contribution in [3.8, 4) is 0 Å². The summed E-state index contributed by atoms with van der Waals surface area (Å²) < 4.78 is 33.2. The van der Waals surface area contributed by atoms with E-state index in [1.54, 1.807) is 30.3 Å². The lowest BCUT2D eigenvalue weighted by Crippen LogP contribution is -2.36. The van der Waals surface area contributed by atoms with Crippen LogP contribution in [0.4, 0.5) is 11.4 Å². The monoisotopic (exact) mass is 352 g/mol. The van der Waals surface area contributed by atoms with Crippen molar-refractivity contribution in [2.75, 3.05) is 35.9 Å². The highest BCUT2D eigenvalue weighted by Crippen LogP contribution is 2.30. The fourth-order valence-corrected chi connectivity index (χ4v) is 4.10. The second-order valence-electron chi connectivity index (χ2n) is 5.15. The van der Waals surface area contributed by atoms with Crippen LogP contribution in [0.25, 0.3) is 0 Å². The smallest absolute Gasteiger partial charge is 0.263 e. The number of sulfonamides is 1. The van der Waals surface area contributed by atoms with Gasteiger partial charge in [0.15, 0.2) is 0 Å². The van der Waals surface area contributed by atoms with Gasteiger partial charge in [-0.3, -0.25) is 4.72 Å². The average molecular weight is 353 g/mol. The molecule has 0 spiro atoms. The van der Waals surface area contributed by atoms with E-state index in [0.29, 0.717) is 18.9 Å². The summed E-state index contributed by atoms with van der Waals surface area (Å²) in [5.41, 5.74) is 1.38. The number of nitrogens with zero attached hydrogens (tertiary/aromatic N) is 1. The number of anilines is 2. The Balaban J connectivity index is 1.92. The molecule has 2 aromatic carbocycles. The number of rotatable bonds is 4. The summed E-state index contributed by atoms with van der Waals surface area (Å²) in [4.78, 5) is 2.17. The minimum Gasteiger partial charge on any atom is -0.378 e. The van der Waals surface area contributed by atoms with Crippen molar-refractivity contribution >= 4 is 33.0 Å². The normalized spacial score (nSPS) is 15.4. The molecule has 0 atom stereocenters. The molecule has 1 saturated heterocycles. The summed E-state index contributed by atoms with van der Waals surface area (Å²) in [6.07, 6.45) is 0. The maximum atomic E-state index is 12.6. The molecule has 3 rings (SSSR count). The zero-order valence-corrected chi connectivity index (χ0v) is 14.0. The minimum atomic E-state index is -3.75. The lowest BCUT2D eigenvalue weighted by atomic mass is 10.2. The lowest BCUT2D eigenvalue weighted by molar-refractivity contribution is 0.123. The molecular weight excluding hydrogens is 336 g/mol. The standard InChI is InChI=1S/C16H17ClN2O3S/c17-13-5-1-4-8-16(13)23(20,21)18-14-6-2-3-7-15(14)19-9-11-22-12-10-19/h1-8,18H,9-12H2. The van der Waals surface area contributed by atoms with Crippen LogP contribution in [0.15, 0.2) is 53.4 Å². The molecule has 1 aliphatic rings. The molecule has 0 aromatic heterocycles. The molecule has 122 valence electrons. The Kier molecular flexibility index (Phi) is 4.75. The van der Waals surface area contributed by atoms with Gasteiger partial charge in [-0.2, -0.15) is 0 Å². The molecule has 2 aromatic rings. The van der Waals surface area contributed by atoms with Crippen molar-refractivity contribution < 1.29 is 13.2 Å². The second-order valence-corrected chi connectivity index (χ2v) is 7.21. The first-order valence-electron chi connectivity index (χ1n) is 7.27. The van der Waals surface area contributed by atoms with Gasteiger partial charge in [0.2, 0.25) is 0 Å². The van der Waals surface area contributed by atoms with Crippen molar-refractivity contribution in [2.24, 2.45) is 0 Å². The molecule has 1 fully saturated rings. The Bertz CT molecular complexity index is 789. The van der Waals surface area contributed by atoms with E-state index >= 15 is 0 Å². The van der Waals surface area contributed by atoms with E-state index in [2.05, 4.69) is 9.62 Å². The molecule has 1 aliphatic heterocycles. The molecule has 0 amide bonds. The topological polar surface area (TPSA) is 58.6 Å². The van der Waals surface area contributed by atoms with Gasteiger partial charge in [0.25, 0.3) is 10.0 Å². The number of hydrogen-bond acceptors (Lipinski definition) is 4. The largest absolute Gasteiger partial charge is 0.378 e. The van der Waals surface area contributed by atoms with Gasteiger partial charge in [0, 0.05) is 13.1 Å². The Morgan fingerprint density at radius 2 is 1.65 bits per heavy atom. The zero-order chi connectivity index (χ0) is 16.3. The molecule has 1 heterocycles. The fraction of sp³-hybridized carbons (Fsp3) is 0.250. The van der Waals surface area contributed by atoms with Crippen molar-refractivity contribution in [1.82, 2.24) is 0 Å². The van der Waals surface area contributed by atoms with Crippen LogP contribution in [0, 0.1) is 0 Å². The van der Waals surface area contributed by atoms with Gasteiger partial charge in [0.1, 0.15) is 4.90 Å². The van der Waals surface area contributed by atoms with Crippen LogP contribution in [0.2, 0.25) is 5.02 Å². The summed E-state index contributed by atoms with van der Waals surface area (Å²) in [6, 6.07) is 13.7. The Morgan fingerprint density at radius 3 is 2.39 bits per heavy atom. The van der Waals surface area contributed by atoms with E-state index < -0.39 is 10.0 Å². The van der Waals surface area contributed by atoms with Crippen LogP contribution < -0.4 is 9.62 Å². The van der Waals surface area contributed by atoms with E-state index in [9.17, 15) is 8.42 Å². The summed E-state index contributed by atoms with van der Waals surface area (Å²) >= 11 is 6.02. The van der Waals surface area contributed by atoms with E-state index in [4.69, 9.17) is 16.3 Å². The van der Waals surface area contributed by atoms with Gasteiger partial charge in [-0.1, -0.05) is 35.9 Å². The fourth-order valence-electron chi connectivity index (χ4n) is 2.50. The van der Waals surface area contributed by atoms with Crippen LogP contribution in [0.1, 0.15) is 0 Å². The summed E-state index contributed by atoms with van der Waals surface area (Å²) in [7, 11) is -3.75. The predicted octanol–water partition coefficient (Wildman–Crippen LogP) is 2.98. The molecule has 5 nitrogen and oxygen atoms in total. The molecule has 0 radical (unpaired) electrons. The predicted molar refractivity (Wildman–Crippen MR) is 91.7 cm³/mol. The molecule has 0 aliphatic carbocycles. The van der Waals surface area contributed by atoms with Crippen molar-refractivity contribution in [3.05, 3.63) is 53.6 Å². The van der Waals surface area contributed by atoms with Crippen molar-refractivity contribution in [1.29, 1.82) is 0 Å². The van der Waals surface area contributed by atoms with Crippen molar-refractivity contribution in [2.45, 2.75) is 4.90 Å². The number of hydrogen-bond donors (Lipinski definition) is 1. The van der Waals surface area contributed by atoms with Gasteiger partial charge >= 0.3 is 0 Å². The van der Waals surface area contributed by atoms with E-state index in [1.165, 1.54) is 6.07 Å². The Morgan fingerprint density at radius 1 is 1.00 bits per heavy atom. The highest BCUT2D eigenvalue weighted by Gasteiger charge is 2.21. The first kappa shape index (κ1) is 16.1. The first-order chi connectivity index (χ1) is 11.1. The average Bonchev–Trinajstić information content (AvgIpc) is 2.56. The van der Waals surface area contributed by atoms with Gasteiger partial charge in [0.05, 0.1) is 29.6 Å². The van der Waals surface area contributed by atoms with Crippen LogP contribution in [-0.2, 0) is 14.8 Å². The molecule has 1 N–H and O–H groups in total. The zero-order valence-electron chi connectivity index (χ0n) is 12.4. The second kappa shape index (κ2) is 6.78. The first-order valence-corrected chi connectivity index (χ1v) is 9.13. The Hall–Kier alpha value is -1.76. The van der Waals surface area contributed by atoms with E-state index in [1.807, 2.05) is 12.1 Å². The number of halogens is 1. The van der Waals surface area contributed by atoms with Crippen LogP contribution in [-0.4, -0.2) is 34.7 Å². The minimum absolute atomic E-state index is 0.0680. The molecule has 0 saturated carbocycles. The molecule has 0 unspecified atom stereocenters. The third-order valence-corrected chi connectivity index (χ3v) is 5.49. The summed E-state index contributed by atoms with van der Waals surface area (Å²) in [6.45, 7) is 2.72. The number of nitrogens with one attached hydrogen (secondary N) is 1. The van der Waals surface area contributed by atoms with Crippen LogP contribution in [0.5, 0.6) is 0 Å². The lowest BCUT2D eigenvalue weighted by Gasteiger charge is -2.30. The van der Waals surface area contributed by atoms with Crippen molar-refractivity contribution in [3.63, 3.8) is 0 Å². The van der Waals surface area contributed by atoms with E-state index in [-0.39, 0.29) is 9.92 Å². The maximum absolute atomic E-state index is 12.6. The van der Waals surface area contributed by atoms with Gasteiger partial charge in [-0.05, 0) is 24.3 Å². The van der Waals surface area contributed by atoms with Crippen LogP contribution in [0.3, 0.4) is 0 Å². The number of morpholine rings is 1. The van der Waals surface area contributed by atoms with Gasteiger partial charge < -0.3 is 9.64 Å². The van der Waals surface area contributed by atoms with E-state index in [0.717, 1.165) is 18.8 Å². The third kappa shape index (κ3) is 3.60. The molecule has 7 heteroatoms.